The number of sulfone groups is 1. The highest BCUT2D eigenvalue weighted by Gasteiger charge is 2.19. The quantitative estimate of drug-likeness (QED) is 0.626. The fourth-order valence-corrected chi connectivity index (χ4v) is 2.53. The van der Waals surface area contributed by atoms with E-state index in [2.05, 4.69) is 0 Å². The van der Waals surface area contributed by atoms with E-state index in [1.54, 1.807) is 6.07 Å². The smallest absolute Gasteiger partial charge is 0.293 e. The lowest BCUT2D eigenvalue weighted by Gasteiger charge is -2.07. The number of nitro benzene ring substituents is 1. The number of nitro groups is 1. The first-order valence-corrected chi connectivity index (χ1v) is 6.91. The Morgan fingerprint density at radius 1 is 1.17 bits per heavy atom. The van der Waals surface area contributed by atoms with Crippen LogP contribution in [0.15, 0.2) is 47.6 Å². The zero-order valence-corrected chi connectivity index (χ0v) is 10.3. The van der Waals surface area contributed by atoms with Crippen molar-refractivity contribution in [2.45, 2.75) is 5.03 Å². The van der Waals surface area contributed by atoms with E-state index in [0.717, 1.165) is 6.26 Å². The third-order valence-electron chi connectivity index (χ3n) is 2.43. The third-order valence-corrected chi connectivity index (χ3v) is 3.52. The Bertz CT molecular complexity index is 703. The highest BCUT2D eigenvalue weighted by molar-refractivity contribution is 7.90. The summed E-state index contributed by atoms with van der Waals surface area (Å²) in [6.07, 6.45) is 2.55. The first-order valence-electron chi connectivity index (χ1n) is 5.02. The van der Waals surface area contributed by atoms with E-state index in [4.69, 9.17) is 0 Å². The summed E-state index contributed by atoms with van der Waals surface area (Å²) in [5.41, 5.74) is 0.0894. The molecule has 1 aromatic carbocycles. The summed E-state index contributed by atoms with van der Waals surface area (Å²) >= 11 is 0. The van der Waals surface area contributed by atoms with Crippen LogP contribution >= 0.6 is 0 Å². The SMILES string of the molecule is CS(=O)(=O)c1cccn1-c1ccccc1[N+](=O)[O-]. The van der Waals surface area contributed by atoms with Gasteiger partial charge in [0.2, 0.25) is 0 Å². The highest BCUT2D eigenvalue weighted by Crippen LogP contribution is 2.25. The number of hydrogen-bond donors (Lipinski definition) is 0. The fourth-order valence-electron chi connectivity index (χ4n) is 1.69. The standard InChI is InChI=1S/C11H10N2O4S/c1-18(16,17)11-7-4-8-12(11)9-5-2-3-6-10(9)13(14)15/h2-8H,1H3. The molecule has 0 radical (unpaired) electrons. The predicted molar refractivity (Wildman–Crippen MR) is 65.5 cm³/mol. The zero-order chi connectivity index (χ0) is 13.3. The predicted octanol–water partition coefficient (Wildman–Crippen LogP) is 1.79. The molecule has 0 amide bonds. The third kappa shape index (κ3) is 2.12. The molecule has 0 aliphatic heterocycles. The van der Waals surface area contributed by atoms with E-state index in [9.17, 15) is 18.5 Å². The Kier molecular flexibility index (Phi) is 2.92. The molecule has 1 heterocycles. The fraction of sp³-hybridized carbons (Fsp3) is 0.0909. The molecule has 0 saturated heterocycles. The minimum absolute atomic E-state index is 0.0248. The average molecular weight is 266 g/mol. The Balaban J connectivity index is 2.71. The van der Waals surface area contributed by atoms with Gasteiger partial charge in [0.05, 0.1) is 4.92 Å². The lowest BCUT2D eigenvalue weighted by atomic mass is 10.2. The summed E-state index contributed by atoms with van der Waals surface area (Å²) in [6.45, 7) is 0. The molecule has 6 nitrogen and oxygen atoms in total. The normalized spacial score (nSPS) is 11.4. The van der Waals surface area contributed by atoms with Gasteiger partial charge in [-0.3, -0.25) is 10.1 Å². The summed E-state index contributed by atoms with van der Waals surface area (Å²) in [5.74, 6) is 0. The minimum atomic E-state index is -3.44. The van der Waals surface area contributed by atoms with Crippen LogP contribution in [0, 0.1) is 10.1 Å². The molecule has 18 heavy (non-hydrogen) atoms. The molecule has 0 bridgehead atoms. The maximum atomic E-state index is 11.6. The van der Waals surface area contributed by atoms with Crippen molar-refractivity contribution in [1.82, 2.24) is 4.57 Å². The molecule has 0 unspecified atom stereocenters. The second kappa shape index (κ2) is 4.26. The minimum Gasteiger partial charge on any atom is -0.302 e. The molecule has 2 rings (SSSR count). The van der Waals surface area contributed by atoms with Crippen LogP contribution in [0.1, 0.15) is 0 Å². The lowest BCUT2D eigenvalue weighted by Crippen LogP contribution is -2.07. The Morgan fingerprint density at radius 2 is 1.83 bits per heavy atom. The van der Waals surface area contributed by atoms with Crippen LogP contribution in [0.5, 0.6) is 0 Å². The van der Waals surface area contributed by atoms with Gasteiger partial charge in [0.1, 0.15) is 10.7 Å². The molecule has 0 saturated carbocycles. The monoisotopic (exact) mass is 266 g/mol. The molecule has 0 N–H and O–H groups in total. The molecule has 94 valence electrons. The van der Waals surface area contributed by atoms with Crippen molar-refractivity contribution in [3.05, 3.63) is 52.7 Å². The molecule has 0 aliphatic carbocycles. The molecule has 1 aromatic heterocycles. The maximum Gasteiger partial charge on any atom is 0.293 e. The topological polar surface area (TPSA) is 82.2 Å². The molecular weight excluding hydrogens is 256 g/mol. The van der Waals surface area contributed by atoms with Crippen LogP contribution in [-0.4, -0.2) is 24.2 Å². The molecule has 0 atom stereocenters. The van der Waals surface area contributed by atoms with E-state index >= 15 is 0 Å². The first-order chi connectivity index (χ1) is 8.41. The summed E-state index contributed by atoms with van der Waals surface area (Å²) in [7, 11) is -3.44. The number of benzene rings is 1. The number of nitrogens with zero attached hydrogens (tertiary/aromatic N) is 2. The van der Waals surface area contributed by atoms with Crippen molar-refractivity contribution in [3.63, 3.8) is 0 Å². The van der Waals surface area contributed by atoms with Gasteiger partial charge in [0.25, 0.3) is 5.69 Å². The van der Waals surface area contributed by atoms with Gasteiger partial charge in [-0.05, 0) is 18.2 Å². The van der Waals surface area contributed by atoms with Crippen molar-refractivity contribution in [3.8, 4) is 5.69 Å². The van der Waals surface area contributed by atoms with Crippen LogP contribution in [0.2, 0.25) is 0 Å². The van der Waals surface area contributed by atoms with Crippen LogP contribution in [-0.2, 0) is 9.84 Å². The van der Waals surface area contributed by atoms with E-state index in [1.807, 2.05) is 0 Å². The molecule has 7 heteroatoms. The molecular formula is C11H10N2O4S. The Morgan fingerprint density at radius 3 is 2.44 bits per heavy atom. The van der Waals surface area contributed by atoms with Crippen LogP contribution in [0.3, 0.4) is 0 Å². The summed E-state index contributed by atoms with van der Waals surface area (Å²) < 4.78 is 24.5. The van der Waals surface area contributed by atoms with E-state index in [-0.39, 0.29) is 16.4 Å². The lowest BCUT2D eigenvalue weighted by molar-refractivity contribution is -0.384. The van der Waals surface area contributed by atoms with E-state index < -0.39 is 14.8 Å². The second-order valence-corrected chi connectivity index (χ2v) is 5.70. The number of hydrogen-bond acceptors (Lipinski definition) is 4. The van der Waals surface area contributed by atoms with Gasteiger partial charge in [-0.1, -0.05) is 12.1 Å². The van der Waals surface area contributed by atoms with Crippen LogP contribution in [0.4, 0.5) is 5.69 Å². The molecule has 0 spiro atoms. The van der Waals surface area contributed by atoms with Crippen molar-refractivity contribution in [2.75, 3.05) is 6.26 Å². The van der Waals surface area contributed by atoms with Crippen molar-refractivity contribution < 1.29 is 13.3 Å². The van der Waals surface area contributed by atoms with Crippen LogP contribution in [0.25, 0.3) is 5.69 Å². The van der Waals surface area contributed by atoms with Gasteiger partial charge in [0.15, 0.2) is 9.84 Å². The number of aromatic nitrogens is 1. The average Bonchev–Trinajstić information content (AvgIpc) is 2.77. The Labute approximate surface area is 104 Å². The maximum absolute atomic E-state index is 11.6. The highest BCUT2D eigenvalue weighted by atomic mass is 32.2. The van der Waals surface area contributed by atoms with Crippen molar-refractivity contribution in [2.24, 2.45) is 0 Å². The van der Waals surface area contributed by atoms with Gasteiger partial charge in [-0.15, -0.1) is 0 Å². The number of para-hydroxylation sites is 2. The van der Waals surface area contributed by atoms with Gasteiger partial charge >= 0.3 is 0 Å². The van der Waals surface area contributed by atoms with Gasteiger partial charge in [0, 0.05) is 18.5 Å². The van der Waals surface area contributed by atoms with Crippen LogP contribution < -0.4 is 0 Å². The number of rotatable bonds is 3. The van der Waals surface area contributed by atoms with Crippen molar-refractivity contribution >= 4 is 15.5 Å². The molecule has 2 aromatic rings. The largest absolute Gasteiger partial charge is 0.302 e. The zero-order valence-electron chi connectivity index (χ0n) is 9.48. The second-order valence-electron chi connectivity index (χ2n) is 3.73. The van der Waals surface area contributed by atoms with Gasteiger partial charge < -0.3 is 4.57 Å². The van der Waals surface area contributed by atoms with Gasteiger partial charge in [-0.25, -0.2) is 8.42 Å². The van der Waals surface area contributed by atoms with E-state index in [0.29, 0.717) is 0 Å². The molecule has 0 aliphatic rings. The molecule has 0 fully saturated rings. The summed E-state index contributed by atoms with van der Waals surface area (Å²) in [4.78, 5) is 10.4. The van der Waals surface area contributed by atoms with E-state index in [1.165, 1.54) is 41.1 Å². The summed E-state index contributed by atoms with van der Waals surface area (Å²) in [6, 6.07) is 8.94. The van der Waals surface area contributed by atoms with Crippen molar-refractivity contribution in [1.29, 1.82) is 0 Å². The Hall–Kier alpha value is -2.15. The first kappa shape index (κ1) is 12.3. The van der Waals surface area contributed by atoms with Gasteiger partial charge in [-0.2, -0.15) is 0 Å². The summed E-state index contributed by atoms with van der Waals surface area (Å²) in [5, 5.41) is 10.9.